The zero-order chi connectivity index (χ0) is 13.5. The van der Waals surface area contributed by atoms with Crippen LogP contribution in [0.2, 0.25) is 0 Å². The first-order chi connectivity index (χ1) is 9.86. The molecule has 2 aromatic carbocycles. The van der Waals surface area contributed by atoms with Crippen LogP contribution in [0, 0.1) is 0 Å². The molecule has 3 heteroatoms. The van der Waals surface area contributed by atoms with Crippen LogP contribution in [-0.4, -0.2) is 16.1 Å². The fourth-order valence-corrected chi connectivity index (χ4v) is 4.00. The van der Waals surface area contributed by atoms with Crippen molar-refractivity contribution in [3.63, 3.8) is 0 Å². The molecule has 0 aliphatic carbocycles. The zero-order valence-electron chi connectivity index (χ0n) is 10.9. The summed E-state index contributed by atoms with van der Waals surface area (Å²) in [6.07, 6.45) is 0. The number of aryl methyl sites for hydroxylation is 1. The second-order valence-electron chi connectivity index (χ2n) is 4.89. The molecule has 20 heavy (non-hydrogen) atoms. The van der Waals surface area contributed by atoms with Crippen LogP contribution in [0.1, 0.15) is 15.9 Å². The summed E-state index contributed by atoms with van der Waals surface area (Å²) >= 11 is 1.79. The van der Waals surface area contributed by atoms with Gasteiger partial charge in [-0.05, 0) is 6.07 Å². The van der Waals surface area contributed by atoms with Gasteiger partial charge in [0.15, 0.2) is 5.78 Å². The van der Waals surface area contributed by atoms with Crippen LogP contribution in [0.5, 0.6) is 0 Å². The Morgan fingerprint density at radius 1 is 1.00 bits per heavy atom. The van der Waals surface area contributed by atoms with E-state index in [1.165, 1.54) is 5.52 Å². The number of hydrogen-bond acceptors (Lipinski definition) is 2. The highest BCUT2D eigenvalue weighted by Gasteiger charge is 2.26. The van der Waals surface area contributed by atoms with Gasteiger partial charge in [0.05, 0.1) is 10.6 Å². The first kappa shape index (κ1) is 11.8. The Bertz CT molecular complexity index is 804. The van der Waals surface area contributed by atoms with Crippen LogP contribution < -0.4 is 0 Å². The Balaban J connectivity index is 1.99. The van der Waals surface area contributed by atoms with E-state index in [1.807, 2.05) is 42.5 Å². The molecule has 0 radical (unpaired) electrons. The molecule has 3 aromatic rings. The molecule has 0 bridgehead atoms. The molecular formula is C17H13NOS. The standard InChI is InChI=1S/C17H13NOS/c19-16(12-6-2-1-3-7-12)15-13-8-4-5-9-14(13)18-10-11-20-17(15)18/h1-9H,10-11H2. The lowest BCUT2D eigenvalue weighted by Gasteiger charge is -2.02. The number of nitrogens with zero attached hydrogens (tertiary/aromatic N) is 1. The van der Waals surface area contributed by atoms with Crippen LogP contribution >= 0.6 is 11.8 Å². The quantitative estimate of drug-likeness (QED) is 0.662. The summed E-state index contributed by atoms with van der Waals surface area (Å²) in [4.78, 5) is 12.9. The van der Waals surface area contributed by atoms with Gasteiger partial charge in [-0.15, -0.1) is 11.8 Å². The molecular weight excluding hydrogens is 266 g/mol. The average molecular weight is 279 g/mol. The van der Waals surface area contributed by atoms with E-state index in [-0.39, 0.29) is 5.78 Å². The number of rotatable bonds is 2. The van der Waals surface area contributed by atoms with Crippen molar-refractivity contribution in [3.8, 4) is 0 Å². The number of aromatic nitrogens is 1. The highest BCUT2D eigenvalue weighted by molar-refractivity contribution is 7.99. The van der Waals surface area contributed by atoms with Crippen molar-refractivity contribution in [2.45, 2.75) is 11.6 Å². The maximum absolute atomic E-state index is 12.9. The molecule has 2 nitrogen and oxygen atoms in total. The van der Waals surface area contributed by atoms with Crippen molar-refractivity contribution in [2.24, 2.45) is 0 Å². The Kier molecular flexibility index (Phi) is 2.67. The van der Waals surface area contributed by atoms with Crippen molar-refractivity contribution in [3.05, 3.63) is 65.7 Å². The third-order valence-electron chi connectivity index (χ3n) is 3.74. The summed E-state index contributed by atoms with van der Waals surface area (Å²) in [5.41, 5.74) is 2.81. The van der Waals surface area contributed by atoms with E-state index in [0.29, 0.717) is 0 Å². The molecule has 0 N–H and O–H groups in total. The van der Waals surface area contributed by atoms with Crippen molar-refractivity contribution in [2.75, 3.05) is 5.75 Å². The fourth-order valence-electron chi connectivity index (χ4n) is 2.84. The van der Waals surface area contributed by atoms with Crippen LogP contribution in [0.15, 0.2) is 59.6 Å². The largest absolute Gasteiger partial charge is 0.334 e. The Morgan fingerprint density at radius 2 is 1.75 bits per heavy atom. The molecule has 1 aliphatic rings. The van der Waals surface area contributed by atoms with Crippen LogP contribution in [0.4, 0.5) is 0 Å². The molecule has 1 aliphatic heterocycles. The van der Waals surface area contributed by atoms with Crippen molar-refractivity contribution < 1.29 is 4.79 Å². The molecule has 1 aromatic heterocycles. The minimum Gasteiger partial charge on any atom is -0.334 e. The van der Waals surface area contributed by atoms with E-state index >= 15 is 0 Å². The van der Waals surface area contributed by atoms with E-state index in [1.54, 1.807) is 11.8 Å². The van der Waals surface area contributed by atoms with Gasteiger partial charge < -0.3 is 4.57 Å². The van der Waals surface area contributed by atoms with Gasteiger partial charge in [0.1, 0.15) is 0 Å². The molecule has 0 fully saturated rings. The van der Waals surface area contributed by atoms with Gasteiger partial charge in [0.25, 0.3) is 0 Å². The predicted molar refractivity (Wildman–Crippen MR) is 82.5 cm³/mol. The lowest BCUT2D eigenvalue weighted by molar-refractivity contribution is 0.103. The fraction of sp³-hybridized carbons (Fsp3) is 0.118. The van der Waals surface area contributed by atoms with Gasteiger partial charge in [-0.3, -0.25) is 4.79 Å². The predicted octanol–water partition coefficient (Wildman–Crippen LogP) is 3.98. The molecule has 0 saturated heterocycles. The van der Waals surface area contributed by atoms with Gasteiger partial charge in [-0.1, -0.05) is 48.5 Å². The summed E-state index contributed by atoms with van der Waals surface area (Å²) in [7, 11) is 0. The van der Waals surface area contributed by atoms with E-state index in [9.17, 15) is 4.79 Å². The third-order valence-corrected chi connectivity index (χ3v) is 4.82. The highest BCUT2D eigenvalue weighted by atomic mass is 32.2. The lowest BCUT2D eigenvalue weighted by atomic mass is 10.0. The summed E-state index contributed by atoms with van der Waals surface area (Å²) in [6.45, 7) is 0.989. The number of fused-ring (bicyclic) bond motifs is 3. The molecule has 98 valence electrons. The number of carbonyl (C=O) groups is 1. The average Bonchev–Trinajstić information content (AvgIpc) is 3.08. The molecule has 2 heterocycles. The zero-order valence-corrected chi connectivity index (χ0v) is 11.7. The van der Waals surface area contributed by atoms with Crippen LogP contribution in [-0.2, 0) is 6.54 Å². The van der Waals surface area contributed by atoms with Gasteiger partial charge in [0.2, 0.25) is 0 Å². The molecule has 0 spiro atoms. The molecule has 0 saturated carbocycles. The normalized spacial score (nSPS) is 13.6. The van der Waals surface area contributed by atoms with Gasteiger partial charge in [0, 0.05) is 28.8 Å². The van der Waals surface area contributed by atoms with Crippen LogP contribution in [0.3, 0.4) is 0 Å². The number of ketones is 1. The number of benzene rings is 2. The molecule has 0 amide bonds. The molecule has 0 unspecified atom stereocenters. The summed E-state index contributed by atoms with van der Waals surface area (Å²) in [6, 6.07) is 17.7. The second kappa shape index (κ2) is 4.53. The number of carbonyl (C=O) groups excluding carboxylic acids is 1. The van der Waals surface area contributed by atoms with Crippen molar-refractivity contribution in [1.82, 2.24) is 4.57 Å². The van der Waals surface area contributed by atoms with E-state index in [2.05, 4.69) is 16.7 Å². The summed E-state index contributed by atoms with van der Waals surface area (Å²) in [5.74, 6) is 1.18. The highest BCUT2D eigenvalue weighted by Crippen LogP contribution is 2.38. The Hall–Kier alpha value is -2.00. The minimum absolute atomic E-state index is 0.130. The Labute approximate surface area is 121 Å². The van der Waals surface area contributed by atoms with Gasteiger partial charge in [-0.2, -0.15) is 0 Å². The molecule has 0 atom stereocenters. The van der Waals surface area contributed by atoms with Crippen molar-refractivity contribution >= 4 is 28.4 Å². The smallest absolute Gasteiger partial charge is 0.196 e. The Morgan fingerprint density at radius 3 is 2.60 bits per heavy atom. The maximum atomic E-state index is 12.9. The second-order valence-corrected chi connectivity index (χ2v) is 5.98. The first-order valence-electron chi connectivity index (χ1n) is 6.70. The monoisotopic (exact) mass is 279 g/mol. The van der Waals surface area contributed by atoms with E-state index < -0.39 is 0 Å². The topological polar surface area (TPSA) is 22.0 Å². The number of hydrogen-bond donors (Lipinski definition) is 0. The number of para-hydroxylation sites is 1. The van der Waals surface area contributed by atoms with Gasteiger partial charge in [-0.25, -0.2) is 0 Å². The van der Waals surface area contributed by atoms with Gasteiger partial charge >= 0.3 is 0 Å². The van der Waals surface area contributed by atoms with Crippen molar-refractivity contribution in [1.29, 1.82) is 0 Å². The lowest BCUT2D eigenvalue weighted by Crippen LogP contribution is -2.01. The summed E-state index contributed by atoms with van der Waals surface area (Å²) in [5, 5.41) is 2.20. The minimum atomic E-state index is 0.130. The maximum Gasteiger partial charge on any atom is 0.196 e. The summed E-state index contributed by atoms with van der Waals surface area (Å²) < 4.78 is 2.27. The van der Waals surface area contributed by atoms with E-state index in [0.717, 1.165) is 33.8 Å². The molecule has 4 rings (SSSR count). The first-order valence-corrected chi connectivity index (χ1v) is 7.68. The number of thioether (sulfide) groups is 1. The van der Waals surface area contributed by atoms with Crippen LogP contribution in [0.25, 0.3) is 10.9 Å². The van der Waals surface area contributed by atoms with E-state index in [4.69, 9.17) is 0 Å². The SMILES string of the molecule is O=C(c1ccccc1)c1c2n(c3ccccc13)CCS2. The third kappa shape index (κ3) is 1.63.